The van der Waals surface area contributed by atoms with Crippen LogP contribution in [0, 0.1) is 5.92 Å². The molecule has 0 bridgehead atoms. The lowest BCUT2D eigenvalue weighted by Gasteiger charge is -2.20. The van der Waals surface area contributed by atoms with E-state index >= 15 is 0 Å². The van der Waals surface area contributed by atoms with E-state index in [-0.39, 0.29) is 30.2 Å². The fourth-order valence-corrected chi connectivity index (χ4v) is 2.81. The molecule has 1 aliphatic heterocycles. The maximum absolute atomic E-state index is 12.3. The quantitative estimate of drug-likeness (QED) is 0.918. The molecule has 1 N–H and O–H groups in total. The number of anilines is 1. The summed E-state index contributed by atoms with van der Waals surface area (Å²) in [7, 11) is 0. The minimum atomic E-state index is -0.329. The number of carbonyl (C=O) groups is 2. The summed E-state index contributed by atoms with van der Waals surface area (Å²) in [5, 5.41) is 7.40. The fourth-order valence-electron chi connectivity index (χ4n) is 2.67. The van der Waals surface area contributed by atoms with E-state index < -0.39 is 0 Å². The number of likely N-dealkylation sites (tertiary alicyclic amines) is 1. The average molecular weight is 348 g/mol. The van der Waals surface area contributed by atoms with Gasteiger partial charge in [-0.15, -0.1) is 0 Å². The number of aromatic nitrogens is 3. The zero-order valence-corrected chi connectivity index (χ0v) is 14.2. The number of hydrogen-bond donors (Lipinski definition) is 1. The van der Waals surface area contributed by atoms with E-state index in [9.17, 15) is 9.59 Å². The number of nitrogens with one attached hydrogen (secondary N) is 1. The fraction of sp³-hybridized carbons (Fsp3) is 0.375. The van der Waals surface area contributed by atoms with Crippen LogP contribution in [0.25, 0.3) is 5.82 Å². The molecule has 1 fully saturated rings. The second kappa shape index (κ2) is 6.60. The van der Waals surface area contributed by atoms with Gasteiger partial charge >= 0.3 is 0 Å². The molecule has 24 heavy (non-hydrogen) atoms. The molecule has 3 rings (SSSR count). The Bertz CT molecular complexity index is 756. The summed E-state index contributed by atoms with van der Waals surface area (Å²) in [6.45, 7) is 4.35. The van der Waals surface area contributed by atoms with Crippen molar-refractivity contribution in [2.24, 2.45) is 5.92 Å². The van der Waals surface area contributed by atoms with Crippen LogP contribution >= 0.6 is 11.6 Å². The summed E-state index contributed by atoms with van der Waals surface area (Å²) in [5.41, 5.74) is 0.581. The largest absolute Gasteiger partial charge is 0.339 e. The van der Waals surface area contributed by atoms with Crippen LogP contribution in [0.5, 0.6) is 0 Å². The van der Waals surface area contributed by atoms with E-state index in [4.69, 9.17) is 11.6 Å². The molecule has 2 aromatic heterocycles. The maximum Gasteiger partial charge on any atom is 0.229 e. The summed E-state index contributed by atoms with van der Waals surface area (Å²) >= 11 is 5.83. The van der Waals surface area contributed by atoms with Gasteiger partial charge in [0.1, 0.15) is 0 Å². The molecule has 8 heteroatoms. The molecule has 1 aliphatic rings. The number of carbonyl (C=O) groups excluding carboxylic acids is 2. The van der Waals surface area contributed by atoms with E-state index in [0.717, 1.165) is 0 Å². The van der Waals surface area contributed by atoms with Crippen LogP contribution in [0.2, 0.25) is 5.02 Å². The summed E-state index contributed by atoms with van der Waals surface area (Å²) in [4.78, 5) is 30.2. The monoisotopic (exact) mass is 347 g/mol. The maximum atomic E-state index is 12.3. The Morgan fingerprint density at radius 3 is 2.71 bits per heavy atom. The Hall–Kier alpha value is -2.41. The standard InChI is InChI=1S/C16H18ClN5O2/c1-10(2)21-8-11(5-15(21)23)16(24)20-13-3-4-14(18-7-13)22-9-12(17)6-19-22/h3-4,6-7,9-11H,5,8H2,1-2H3,(H,20,24)/t11-/m0/s1. The van der Waals surface area contributed by atoms with Gasteiger partial charge in [-0.2, -0.15) is 5.10 Å². The minimum absolute atomic E-state index is 0.0224. The molecular weight excluding hydrogens is 330 g/mol. The Labute approximate surface area is 144 Å². The van der Waals surface area contributed by atoms with Crippen LogP contribution in [-0.2, 0) is 9.59 Å². The Kier molecular flexibility index (Phi) is 4.53. The van der Waals surface area contributed by atoms with Crippen LogP contribution in [0.1, 0.15) is 20.3 Å². The van der Waals surface area contributed by atoms with Crippen LogP contribution in [0.15, 0.2) is 30.7 Å². The third-order valence-electron chi connectivity index (χ3n) is 3.95. The molecular formula is C16H18ClN5O2. The first-order chi connectivity index (χ1) is 11.4. The highest BCUT2D eigenvalue weighted by atomic mass is 35.5. The highest BCUT2D eigenvalue weighted by Gasteiger charge is 2.35. The lowest BCUT2D eigenvalue weighted by Crippen LogP contribution is -2.33. The van der Waals surface area contributed by atoms with Crippen molar-refractivity contribution in [2.45, 2.75) is 26.3 Å². The molecule has 0 unspecified atom stereocenters. The molecule has 0 spiro atoms. The average Bonchev–Trinajstić information content (AvgIpc) is 3.14. The second-order valence-corrected chi connectivity index (χ2v) is 6.47. The van der Waals surface area contributed by atoms with Gasteiger partial charge in [-0.3, -0.25) is 9.59 Å². The first kappa shape index (κ1) is 16.4. The van der Waals surface area contributed by atoms with Gasteiger partial charge in [-0.25, -0.2) is 9.67 Å². The number of pyridine rings is 1. The number of nitrogens with zero attached hydrogens (tertiary/aromatic N) is 4. The Balaban J connectivity index is 1.64. The smallest absolute Gasteiger partial charge is 0.229 e. The van der Waals surface area contributed by atoms with Crippen molar-refractivity contribution >= 4 is 29.1 Å². The van der Waals surface area contributed by atoms with Gasteiger partial charge in [0.2, 0.25) is 11.8 Å². The predicted molar refractivity (Wildman–Crippen MR) is 90.0 cm³/mol. The molecule has 0 radical (unpaired) electrons. The van der Waals surface area contributed by atoms with Gasteiger partial charge in [-0.1, -0.05) is 11.6 Å². The van der Waals surface area contributed by atoms with E-state index in [0.29, 0.717) is 23.1 Å². The highest BCUT2D eigenvalue weighted by Crippen LogP contribution is 2.22. The summed E-state index contributed by atoms with van der Waals surface area (Å²) in [5.74, 6) is 0.129. The van der Waals surface area contributed by atoms with Crippen LogP contribution in [-0.4, -0.2) is 44.1 Å². The zero-order chi connectivity index (χ0) is 17.3. The molecule has 0 saturated carbocycles. The van der Waals surface area contributed by atoms with E-state index in [1.807, 2.05) is 13.8 Å². The lowest BCUT2D eigenvalue weighted by atomic mass is 10.1. The summed E-state index contributed by atoms with van der Waals surface area (Å²) in [6.07, 6.45) is 4.98. The number of rotatable bonds is 4. The first-order valence-corrected chi connectivity index (χ1v) is 8.09. The highest BCUT2D eigenvalue weighted by molar-refractivity contribution is 6.30. The van der Waals surface area contributed by atoms with E-state index in [1.54, 1.807) is 34.1 Å². The molecule has 126 valence electrons. The SMILES string of the molecule is CC(C)N1C[C@@H](C(=O)Nc2ccc(-n3cc(Cl)cn3)nc2)CC1=O. The number of amides is 2. The van der Waals surface area contributed by atoms with Gasteiger partial charge in [0.15, 0.2) is 5.82 Å². The molecule has 0 aromatic carbocycles. The van der Waals surface area contributed by atoms with Crippen molar-refractivity contribution in [2.75, 3.05) is 11.9 Å². The normalized spacial score (nSPS) is 17.6. The Morgan fingerprint density at radius 1 is 1.38 bits per heavy atom. The third-order valence-corrected chi connectivity index (χ3v) is 4.15. The van der Waals surface area contributed by atoms with Crippen molar-refractivity contribution in [3.63, 3.8) is 0 Å². The van der Waals surface area contributed by atoms with E-state index in [1.165, 1.54) is 6.20 Å². The third kappa shape index (κ3) is 3.41. The van der Waals surface area contributed by atoms with Gasteiger partial charge in [0.25, 0.3) is 0 Å². The topological polar surface area (TPSA) is 80.1 Å². The number of hydrogen-bond acceptors (Lipinski definition) is 4. The van der Waals surface area contributed by atoms with Crippen molar-refractivity contribution in [1.29, 1.82) is 0 Å². The van der Waals surface area contributed by atoms with Gasteiger partial charge in [-0.05, 0) is 26.0 Å². The minimum Gasteiger partial charge on any atom is -0.339 e. The van der Waals surface area contributed by atoms with Crippen LogP contribution < -0.4 is 5.32 Å². The van der Waals surface area contributed by atoms with Crippen molar-refractivity contribution in [3.05, 3.63) is 35.7 Å². The Morgan fingerprint density at radius 2 is 2.17 bits per heavy atom. The van der Waals surface area contributed by atoms with Crippen molar-refractivity contribution < 1.29 is 9.59 Å². The summed E-state index contributed by atoms with van der Waals surface area (Å²) in [6, 6.07) is 3.59. The first-order valence-electron chi connectivity index (χ1n) is 7.71. The molecule has 0 aliphatic carbocycles. The van der Waals surface area contributed by atoms with Crippen LogP contribution in [0.3, 0.4) is 0 Å². The van der Waals surface area contributed by atoms with E-state index in [2.05, 4.69) is 15.4 Å². The predicted octanol–water partition coefficient (Wildman–Crippen LogP) is 2.12. The zero-order valence-electron chi connectivity index (χ0n) is 13.4. The molecule has 7 nitrogen and oxygen atoms in total. The van der Waals surface area contributed by atoms with Crippen LogP contribution in [0.4, 0.5) is 5.69 Å². The summed E-state index contributed by atoms with van der Waals surface area (Å²) < 4.78 is 1.55. The van der Waals surface area contributed by atoms with Gasteiger partial charge in [0, 0.05) is 19.0 Å². The van der Waals surface area contributed by atoms with Crippen molar-refractivity contribution in [1.82, 2.24) is 19.7 Å². The molecule has 2 aromatic rings. The second-order valence-electron chi connectivity index (χ2n) is 6.04. The molecule has 2 amide bonds. The van der Waals surface area contributed by atoms with Gasteiger partial charge in [0.05, 0.1) is 35.2 Å². The van der Waals surface area contributed by atoms with Gasteiger partial charge < -0.3 is 10.2 Å². The van der Waals surface area contributed by atoms with Crippen molar-refractivity contribution in [3.8, 4) is 5.82 Å². The lowest BCUT2D eigenvalue weighted by molar-refractivity contribution is -0.129. The molecule has 3 heterocycles. The molecule has 1 saturated heterocycles. The number of halogens is 1. The molecule has 1 atom stereocenters.